The van der Waals surface area contributed by atoms with Crippen molar-refractivity contribution in [1.29, 1.82) is 0 Å². The zero-order chi connectivity index (χ0) is 21.3. The Bertz CT molecular complexity index is 1000. The molecule has 8 nitrogen and oxygen atoms in total. The number of benzene rings is 2. The number of nitrogens with zero attached hydrogens (tertiary/aromatic N) is 1. The maximum absolute atomic E-state index is 13.1. The van der Waals surface area contributed by atoms with Crippen LogP contribution in [0.3, 0.4) is 0 Å². The average molecular weight is 408 g/mol. The van der Waals surface area contributed by atoms with Gasteiger partial charge in [-0.1, -0.05) is 30.3 Å². The van der Waals surface area contributed by atoms with Gasteiger partial charge in [0.25, 0.3) is 5.91 Å². The number of likely N-dealkylation sites (tertiary alicyclic amines) is 1. The highest BCUT2D eigenvalue weighted by molar-refractivity contribution is 6.31. The maximum Gasteiger partial charge on any atom is 0.421 e. The molecule has 4 rings (SSSR count). The number of nitrogens with one attached hydrogen (secondary N) is 1. The number of ketones is 1. The smallest absolute Gasteiger partial charge is 0.400 e. The minimum atomic E-state index is -1.54. The molecule has 0 radical (unpaired) electrons. The van der Waals surface area contributed by atoms with Crippen LogP contribution >= 0.6 is 0 Å². The van der Waals surface area contributed by atoms with E-state index in [1.165, 1.54) is 0 Å². The highest BCUT2D eigenvalue weighted by Crippen LogP contribution is 2.38. The van der Waals surface area contributed by atoms with Crippen molar-refractivity contribution in [3.8, 4) is 0 Å². The molecule has 2 aliphatic rings. The molecule has 2 saturated heterocycles. The molecule has 2 aromatic carbocycles. The van der Waals surface area contributed by atoms with Gasteiger partial charge in [0.15, 0.2) is 5.78 Å². The van der Waals surface area contributed by atoms with Crippen molar-refractivity contribution in [3.63, 3.8) is 0 Å². The van der Waals surface area contributed by atoms with Gasteiger partial charge in [0.2, 0.25) is 0 Å². The summed E-state index contributed by atoms with van der Waals surface area (Å²) in [5.41, 5.74) is 1.42. The second kappa shape index (κ2) is 7.72. The van der Waals surface area contributed by atoms with Crippen molar-refractivity contribution in [2.45, 2.75) is 18.8 Å². The molecule has 1 atom stereocenters. The van der Waals surface area contributed by atoms with Crippen LogP contribution in [0, 0.1) is 5.92 Å². The lowest BCUT2D eigenvalue weighted by Gasteiger charge is -2.40. The number of anilines is 1. The number of esters is 2. The molecule has 2 aliphatic heterocycles. The molecular weight excluding hydrogens is 388 g/mol. The number of carbonyl (C=O) groups is 4. The van der Waals surface area contributed by atoms with Gasteiger partial charge in [0, 0.05) is 29.3 Å². The van der Waals surface area contributed by atoms with Crippen LogP contribution in [0.4, 0.5) is 5.69 Å². The number of carbonyl (C=O) groups excluding carboxylic acids is 4. The largest absolute Gasteiger partial charge is 0.421 e. The number of ether oxygens (including phenoxy) is 2. The second-order valence-corrected chi connectivity index (χ2v) is 7.37. The summed E-state index contributed by atoms with van der Waals surface area (Å²) in [5, 5.41) is 2.79. The van der Waals surface area contributed by atoms with Gasteiger partial charge in [-0.2, -0.15) is 0 Å². The van der Waals surface area contributed by atoms with Crippen LogP contribution in [0.5, 0.6) is 0 Å². The SMILES string of the molecule is CN1CCC(C(=O)c2cccc(NC(=O)c3ccccc3)c2)CC12OC(=O)C(=O)O2. The van der Waals surface area contributed by atoms with Crippen molar-refractivity contribution in [2.75, 3.05) is 18.9 Å². The Morgan fingerprint density at radius 2 is 1.67 bits per heavy atom. The monoisotopic (exact) mass is 408 g/mol. The van der Waals surface area contributed by atoms with Gasteiger partial charge in [-0.15, -0.1) is 0 Å². The number of rotatable bonds is 4. The molecule has 2 fully saturated rings. The molecule has 1 unspecified atom stereocenters. The van der Waals surface area contributed by atoms with Gasteiger partial charge in [-0.25, -0.2) is 14.5 Å². The zero-order valence-electron chi connectivity index (χ0n) is 16.3. The Morgan fingerprint density at radius 3 is 2.37 bits per heavy atom. The molecule has 30 heavy (non-hydrogen) atoms. The molecule has 1 N–H and O–H groups in total. The standard InChI is InChI=1S/C22H20N2O6/c1-24-11-10-16(13-22(24)29-20(27)21(28)30-22)18(25)15-8-5-9-17(12-15)23-19(26)14-6-3-2-4-7-14/h2-9,12,16H,10-11,13H2,1H3,(H,23,26). The van der Waals surface area contributed by atoms with Crippen molar-refractivity contribution in [3.05, 3.63) is 65.7 Å². The normalized spacial score (nSPS) is 20.5. The molecule has 0 aliphatic carbocycles. The van der Waals surface area contributed by atoms with E-state index >= 15 is 0 Å². The van der Waals surface area contributed by atoms with E-state index in [-0.39, 0.29) is 18.1 Å². The van der Waals surface area contributed by atoms with Gasteiger partial charge in [-0.3, -0.25) is 9.59 Å². The number of hydrogen-bond acceptors (Lipinski definition) is 7. The summed E-state index contributed by atoms with van der Waals surface area (Å²) in [6.07, 6.45) is 0.577. The Labute approximate surface area is 172 Å². The van der Waals surface area contributed by atoms with E-state index in [9.17, 15) is 19.2 Å². The van der Waals surface area contributed by atoms with Gasteiger partial charge in [0.1, 0.15) is 0 Å². The van der Waals surface area contributed by atoms with Crippen molar-refractivity contribution in [1.82, 2.24) is 4.90 Å². The van der Waals surface area contributed by atoms with E-state index in [0.29, 0.717) is 29.8 Å². The Morgan fingerprint density at radius 1 is 1.00 bits per heavy atom. The number of amides is 1. The third kappa shape index (κ3) is 3.69. The van der Waals surface area contributed by atoms with Crippen LogP contribution in [0.1, 0.15) is 33.6 Å². The molecule has 1 spiro atoms. The summed E-state index contributed by atoms with van der Waals surface area (Å²) in [6, 6.07) is 15.4. The summed E-state index contributed by atoms with van der Waals surface area (Å²) in [4.78, 5) is 50.2. The molecule has 0 bridgehead atoms. The summed E-state index contributed by atoms with van der Waals surface area (Å²) in [6.45, 7) is 0.418. The van der Waals surface area contributed by atoms with E-state index in [0.717, 1.165) is 0 Å². The topological polar surface area (TPSA) is 102 Å². The summed E-state index contributed by atoms with van der Waals surface area (Å²) >= 11 is 0. The van der Waals surface area contributed by atoms with Crippen LogP contribution in [-0.4, -0.2) is 48.0 Å². The third-order valence-electron chi connectivity index (χ3n) is 5.38. The first-order valence-corrected chi connectivity index (χ1v) is 9.56. The summed E-state index contributed by atoms with van der Waals surface area (Å²) in [5.74, 6) is -4.59. The van der Waals surface area contributed by atoms with Gasteiger partial charge in [-0.05, 0) is 37.7 Å². The highest BCUT2D eigenvalue weighted by Gasteiger charge is 2.55. The van der Waals surface area contributed by atoms with Crippen LogP contribution in [0.2, 0.25) is 0 Å². The van der Waals surface area contributed by atoms with Gasteiger partial charge < -0.3 is 14.8 Å². The van der Waals surface area contributed by atoms with E-state index in [1.807, 2.05) is 6.07 Å². The lowest BCUT2D eigenvalue weighted by atomic mass is 9.87. The van der Waals surface area contributed by atoms with E-state index in [1.54, 1.807) is 60.5 Å². The molecule has 2 aromatic rings. The van der Waals surface area contributed by atoms with Crippen LogP contribution in [0.15, 0.2) is 54.6 Å². The lowest BCUT2D eigenvalue weighted by Crippen LogP contribution is -2.54. The first-order chi connectivity index (χ1) is 14.4. The maximum atomic E-state index is 13.1. The lowest BCUT2D eigenvalue weighted by molar-refractivity contribution is -0.261. The third-order valence-corrected chi connectivity index (χ3v) is 5.38. The molecule has 0 saturated carbocycles. The quantitative estimate of drug-likeness (QED) is 0.470. The Kier molecular flexibility index (Phi) is 5.09. The summed E-state index contributed by atoms with van der Waals surface area (Å²) < 4.78 is 10.3. The molecule has 2 heterocycles. The van der Waals surface area contributed by atoms with E-state index in [2.05, 4.69) is 5.32 Å². The fourth-order valence-electron chi connectivity index (χ4n) is 3.72. The van der Waals surface area contributed by atoms with Gasteiger partial charge in [0.05, 0.1) is 6.42 Å². The predicted octanol–water partition coefficient (Wildman–Crippen LogP) is 2.22. The average Bonchev–Trinajstić information content (AvgIpc) is 3.04. The van der Waals surface area contributed by atoms with Crippen molar-refractivity contribution < 1.29 is 28.7 Å². The first-order valence-electron chi connectivity index (χ1n) is 9.56. The Hall–Kier alpha value is -3.52. The first kappa shape index (κ1) is 19.8. The molecule has 1 amide bonds. The Balaban J connectivity index is 1.50. The number of hydrogen-bond donors (Lipinski definition) is 1. The summed E-state index contributed by atoms with van der Waals surface area (Å²) in [7, 11) is 1.67. The molecule has 8 heteroatoms. The van der Waals surface area contributed by atoms with Crippen LogP contribution in [0.25, 0.3) is 0 Å². The van der Waals surface area contributed by atoms with Crippen LogP contribution < -0.4 is 5.32 Å². The second-order valence-electron chi connectivity index (χ2n) is 7.37. The van der Waals surface area contributed by atoms with Crippen molar-refractivity contribution >= 4 is 29.3 Å². The number of Topliss-reactive ketones (excluding diaryl/α,β-unsaturated/α-hetero) is 1. The fraction of sp³-hybridized carbons (Fsp3) is 0.273. The predicted molar refractivity (Wildman–Crippen MR) is 105 cm³/mol. The molecule has 154 valence electrons. The fourth-order valence-corrected chi connectivity index (χ4v) is 3.72. The highest BCUT2D eigenvalue weighted by atomic mass is 16.8. The number of piperidine rings is 1. The van der Waals surface area contributed by atoms with E-state index in [4.69, 9.17) is 9.47 Å². The van der Waals surface area contributed by atoms with Gasteiger partial charge >= 0.3 is 17.8 Å². The molecule has 0 aromatic heterocycles. The minimum Gasteiger partial charge on any atom is -0.400 e. The minimum absolute atomic E-state index is 0.0560. The van der Waals surface area contributed by atoms with E-state index < -0.39 is 23.8 Å². The molecular formula is C22H20N2O6. The van der Waals surface area contributed by atoms with Crippen molar-refractivity contribution in [2.24, 2.45) is 5.92 Å². The van der Waals surface area contributed by atoms with Crippen LogP contribution in [-0.2, 0) is 19.1 Å². The zero-order valence-corrected chi connectivity index (χ0v) is 16.3.